The Morgan fingerprint density at radius 3 is 1.62 bits per heavy atom. The van der Waals surface area contributed by atoms with Crippen molar-refractivity contribution in [3.8, 4) is 67.5 Å². The van der Waals surface area contributed by atoms with Gasteiger partial charge in [0.25, 0.3) is 0 Å². The Hall–Kier alpha value is -6.49. The van der Waals surface area contributed by atoms with Crippen LogP contribution >= 0.6 is 0 Å². The van der Waals surface area contributed by atoms with Crippen molar-refractivity contribution in [1.29, 1.82) is 0 Å². The predicted octanol–water partition coefficient (Wildman–Crippen LogP) is 11.3. The predicted molar refractivity (Wildman–Crippen MR) is 224 cm³/mol. The van der Waals surface area contributed by atoms with Crippen LogP contribution in [0, 0.1) is 0 Å². The Balaban J connectivity index is 1.17. The van der Waals surface area contributed by atoms with Gasteiger partial charge in [-0.3, -0.25) is 0 Å². The molecule has 0 atom stereocenters. The topological polar surface area (TPSA) is 38.7 Å². The average molecular weight is 694 g/mol. The van der Waals surface area contributed by atoms with Crippen LogP contribution in [-0.2, 0) is 0 Å². The Kier molecular flexibility index (Phi) is 7.27. The molecule has 2 heterocycles. The molecule has 1 aliphatic rings. The molecule has 0 spiro atoms. The second-order valence-electron chi connectivity index (χ2n) is 14.5. The van der Waals surface area contributed by atoms with E-state index >= 15 is 0 Å². The molecule has 0 amide bonds. The zero-order valence-corrected chi connectivity index (χ0v) is 30.6. The molecule has 8 aromatic carbocycles. The summed E-state index contributed by atoms with van der Waals surface area (Å²) in [5.74, 6) is 2.01. The van der Waals surface area contributed by atoms with Gasteiger partial charge in [-0.05, 0) is 83.5 Å². The smallest absolute Gasteiger partial charge is 0.164 e. The molecule has 1 aromatic heterocycles. The van der Waals surface area contributed by atoms with Crippen LogP contribution in [0.2, 0.25) is 13.1 Å². The maximum absolute atomic E-state index is 5.31. The van der Waals surface area contributed by atoms with Gasteiger partial charge >= 0.3 is 0 Å². The highest BCUT2D eigenvalue weighted by molar-refractivity contribution is 7.05. The summed E-state index contributed by atoms with van der Waals surface area (Å²) in [7, 11) is -2.04. The molecule has 0 unspecified atom stereocenters. The Labute approximate surface area is 310 Å². The van der Waals surface area contributed by atoms with Crippen LogP contribution in [0.5, 0.6) is 0 Å². The first-order valence-electron chi connectivity index (χ1n) is 18.2. The fraction of sp³-hybridized carbons (Fsp3) is 0.0408. The second-order valence-corrected chi connectivity index (χ2v) is 18.7. The van der Waals surface area contributed by atoms with Crippen LogP contribution in [0.4, 0.5) is 0 Å². The third-order valence-electron chi connectivity index (χ3n) is 10.9. The normalized spacial score (nSPS) is 12.9. The first-order valence-corrected chi connectivity index (χ1v) is 21.2. The molecular weight excluding hydrogens is 659 g/mol. The fourth-order valence-electron chi connectivity index (χ4n) is 8.26. The van der Waals surface area contributed by atoms with E-state index in [0.717, 1.165) is 33.2 Å². The number of hydrogen-bond acceptors (Lipinski definition) is 3. The van der Waals surface area contributed by atoms with Crippen LogP contribution in [0.15, 0.2) is 176 Å². The van der Waals surface area contributed by atoms with Gasteiger partial charge in [-0.15, -0.1) is 0 Å². The van der Waals surface area contributed by atoms with Crippen molar-refractivity contribution in [2.24, 2.45) is 0 Å². The van der Waals surface area contributed by atoms with E-state index in [2.05, 4.69) is 183 Å². The minimum atomic E-state index is -2.04. The highest BCUT2D eigenvalue weighted by Crippen LogP contribution is 2.39. The molecule has 1 aliphatic heterocycles. The Bertz CT molecular complexity index is 2860. The van der Waals surface area contributed by atoms with E-state index in [9.17, 15) is 0 Å². The van der Waals surface area contributed by atoms with Gasteiger partial charge in [-0.1, -0.05) is 171 Å². The van der Waals surface area contributed by atoms with Gasteiger partial charge in [0, 0.05) is 16.7 Å². The van der Waals surface area contributed by atoms with E-state index in [-0.39, 0.29) is 0 Å². The van der Waals surface area contributed by atoms with E-state index in [1.165, 1.54) is 48.8 Å². The number of nitrogens with zero attached hydrogens (tertiary/aromatic N) is 3. The largest absolute Gasteiger partial charge is 0.208 e. The molecule has 0 N–H and O–H groups in total. The van der Waals surface area contributed by atoms with E-state index in [1.54, 1.807) is 0 Å². The molecule has 9 aromatic rings. The van der Waals surface area contributed by atoms with Crippen molar-refractivity contribution < 1.29 is 0 Å². The molecule has 0 saturated carbocycles. The van der Waals surface area contributed by atoms with E-state index in [1.807, 2.05) is 6.07 Å². The maximum Gasteiger partial charge on any atom is 0.164 e. The quantitative estimate of drug-likeness (QED) is 0.168. The van der Waals surface area contributed by atoms with Crippen molar-refractivity contribution >= 4 is 40.0 Å². The fourth-order valence-corrected chi connectivity index (χ4v) is 11.7. The van der Waals surface area contributed by atoms with Crippen molar-refractivity contribution in [2.45, 2.75) is 13.1 Å². The molecular formula is C49H35N3Si. The molecule has 0 radical (unpaired) electrons. The third kappa shape index (κ3) is 5.30. The summed E-state index contributed by atoms with van der Waals surface area (Å²) in [6, 6.07) is 62.9. The second kappa shape index (κ2) is 12.3. The van der Waals surface area contributed by atoms with Crippen LogP contribution in [0.1, 0.15) is 0 Å². The number of rotatable bonds is 5. The zero-order chi connectivity index (χ0) is 35.5. The van der Waals surface area contributed by atoms with E-state index in [4.69, 9.17) is 15.0 Å². The molecule has 10 rings (SSSR count). The molecule has 250 valence electrons. The van der Waals surface area contributed by atoms with Gasteiger partial charge in [0.15, 0.2) is 17.5 Å². The van der Waals surface area contributed by atoms with Crippen LogP contribution < -0.4 is 10.4 Å². The lowest BCUT2D eigenvalue weighted by atomic mass is 9.96. The van der Waals surface area contributed by atoms with Gasteiger partial charge in [0.1, 0.15) is 8.07 Å². The highest BCUT2D eigenvalue weighted by Gasteiger charge is 2.40. The number of benzene rings is 8. The monoisotopic (exact) mass is 693 g/mol. The lowest BCUT2D eigenvalue weighted by Crippen LogP contribution is -2.49. The third-order valence-corrected chi connectivity index (χ3v) is 14.4. The van der Waals surface area contributed by atoms with E-state index < -0.39 is 8.07 Å². The summed E-state index contributed by atoms with van der Waals surface area (Å²) in [5, 5.41) is 7.88. The molecule has 0 saturated heterocycles. The highest BCUT2D eigenvalue weighted by atomic mass is 28.3. The van der Waals surface area contributed by atoms with Crippen molar-refractivity contribution in [2.75, 3.05) is 0 Å². The van der Waals surface area contributed by atoms with Gasteiger partial charge < -0.3 is 0 Å². The first kappa shape index (κ1) is 31.3. The van der Waals surface area contributed by atoms with Gasteiger partial charge in [0.05, 0.1) is 0 Å². The van der Waals surface area contributed by atoms with Crippen LogP contribution in [0.25, 0.3) is 89.1 Å². The van der Waals surface area contributed by atoms with Gasteiger partial charge in [-0.25, -0.2) is 15.0 Å². The number of fused-ring (bicyclic) bond motifs is 6. The van der Waals surface area contributed by atoms with Crippen molar-refractivity contribution in [3.63, 3.8) is 0 Å². The minimum Gasteiger partial charge on any atom is -0.208 e. The summed E-state index contributed by atoms with van der Waals surface area (Å²) in [6.07, 6.45) is 0. The van der Waals surface area contributed by atoms with Crippen molar-refractivity contribution in [1.82, 2.24) is 15.0 Å². The first-order chi connectivity index (χ1) is 26.0. The minimum absolute atomic E-state index is 0.660. The van der Waals surface area contributed by atoms with Gasteiger partial charge in [-0.2, -0.15) is 0 Å². The van der Waals surface area contributed by atoms with Crippen LogP contribution in [0.3, 0.4) is 0 Å². The molecule has 0 bridgehead atoms. The standard InChI is InChI=1S/C49H35N3Si/c1-53(2)44-22-12-21-43(45(44)42-28-27-34-17-9-10-20-41(34)46(42)53)49-51-47(39-19-11-18-35(30-39)32-13-5-3-6-14-32)50-48(52-49)40-26-25-37-29-36(23-24-38(37)31-40)33-15-7-4-8-16-33/h3-31H,1-2H3. The SMILES string of the molecule is C[Si]1(C)c2cccc(-c3nc(-c4cccc(-c5ccccc5)c4)nc(-c4ccc5cc(-c6ccccc6)ccc5c4)n3)c2-c2ccc3ccccc3c21. The molecule has 0 aliphatic carbocycles. The summed E-state index contributed by atoms with van der Waals surface area (Å²) in [6.45, 7) is 4.96. The Morgan fingerprint density at radius 2 is 0.887 bits per heavy atom. The summed E-state index contributed by atoms with van der Waals surface area (Å²) in [4.78, 5) is 15.8. The molecule has 0 fully saturated rings. The molecule has 3 nitrogen and oxygen atoms in total. The Morgan fingerprint density at radius 1 is 0.358 bits per heavy atom. The average Bonchev–Trinajstić information content (AvgIpc) is 3.47. The lowest BCUT2D eigenvalue weighted by molar-refractivity contribution is 1.08. The maximum atomic E-state index is 5.31. The van der Waals surface area contributed by atoms with Gasteiger partial charge in [0.2, 0.25) is 0 Å². The molecule has 4 heteroatoms. The summed E-state index contributed by atoms with van der Waals surface area (Å²) >= 11 is 0. The number of hydrogen-bond donors (Lipinski definition) is 0. The lowest BCUT2D eigenvalue weighted by Gasteiger charge is -2.20. The van der Waals surface area contributed by atoms with Crippen LogP contribution in [-0.4, -0.2) is 23.0 Å². The van der Waals surface area contributed by atoms with E-state index in [0.29, 0.717) is 17.5 Å². The number of aromatic nitrogens is 3. The summed E-state index contributed by atoms with van der Waals surface area (Å²) in [5.41, 5.74) is 10.2. The molecule has 53 heavy (non-hydrogen) atoms. The van der Waals surface area contributed by atoms with Crippen molar-refractivity contribution in [3.05, 3.63) is 176 Å². The summed E-state index contributed by atoms with van der Waals surface area (Å²) < 4.78 is 0. The zero-order valence-electron chi connectivity index (χ0n) is 29.6.